The van der Waals surface area contributed by atoms with E-state index in [1.165, 1.54) is 6.07 Å². The number of hydrogen-bond acceptors (Lipinski definition) is 3. The maximum Gasteiger partial charge on any atom is 0.241 e. The molecule has 0 aliphatic heterocycles. The van der Waals surface area contributed by atoms with Crippen LogP contribution in [-0.4, -0.2) is 15.0 Å². The van der Waals surface area contributed by atoms with Crippen LogP contribution in [0.3, 0.4) is 0 Å². The number of rotatable bonds is 6. The number of hydrogen-bond donors (Lipinski definition) is 1. The second-order valence-electron chi connectivity index (χ2n) is 4.92. The average Bonchev–Trinajstić information content (AvgIpc) is 2.50. The third-order valence-corrected chi connectivity index (χ3v) is 5.03. The van der Waals surface area contributed by atoms with Crippen molar-refractivity contribution in [1.29, 1.82) is 0 Å². The van der Waals surface area contributed by atoms with E-state index in [1.54, 1.807) is 31.2 Å². The summed E-state index contributed by atoms with van der Waals surface area (Å²) in [4.78, 5) is -0.0864. The van der Waals surface area contributed by atoms with Crippen molar-refractivity contribution in [2.75, 3.05) is 6.61 Å². The summed E-state index contributed by atoms with van der Waals surface area (Å²) < 4.78 is 45.8. The standard InChI is InChI=1S/C16H17ClFNO3S/c1-3-22-13-6-4-5-12(9-13)11(2)19-23(20,21)14-7-8-16(18)15(17)10-14/h4-11,19H,3H2,1-2H3. The first kappa shape index (κ1) is 17.7. The zero-order valence-electron chi connectivity index (χ0n) is 12.7. The van der Waals surface area contributed by atoms with Crippen LogP contribution >= 0.6 is 11.6 Å². The van der Waals surface area contributed by atoms with E-state index in [2.05, 4.69) is 4.72 Å². The van der Waals surface area contributed by atoms with Crippen LogP contribution in [0.25, 0.3) is 0 Å². The fourth-order valence-electron chi connectivity index (χ4n) is 2.05. The van der Waals surface area contributed by atoms with Gasteiger partial charge in [-0.15, -0.1) is 0 Å². The van der Waals surface area contributed by atoms with Gasteiger partial charge < -0.3 is 4.74 Å². The van der Waals surface area contributed by atoms with Crippen molar-refractivity contribution in [3.8, 4) is 5.75 Å². The zero-order valence-corrected chi connectivity index (χ0v) is 14.3. The van der Waals surface area contributed by atoms with Gasteiger partial charge >= 0.3 is 0 Å². The Bertz CT molecular complexity index is 796. The highest BCUT2D eigenvalue weighted by Gasteiger charge is 2.19. The first-order chi connectivity index (χ1) is 10.8. The maximum absolute atomic E-state index is 13.2. The van der Waals surface area contributed by atoms with Gasteiger partial charge in [-0.25, -0.2) is 17.5 Å². The van der Waals surface area contributed by atoms with Crippen LogP contribution < -0.4 is 9.46 Å². The van der Waals surface area contributed by atoms with Crippen LogP contribution in [0.2, 0.25) is 5.02 Å². The Labute approximate surface area is 140 Å². The van der Waals surface area contributed by atoms with Crippen molar-refractivity contribution in [3.63, 3.8) is 0 Å². The van der Waals surface area contributed by atoms with E-state index in [0.29, 0.717) is 12.4 Å². The molecule has 1 N–H and O–H groups in total. The minimum absolute atomic E-state index is 0.0864. The summed E-state index contributed by atoms with van der Waals surface area (Å²) in [6.07, 6.45) is 0. The molecule has 0 aliphatic carbocycles. The van der Waals surface area contributed by atoms with Crippen LogP contribution in [0.5, 0.6) is 5.75 Å². The molecule has 0 heterocycles. The van der Waals surface area contributed by atoms with Gasteiger partial charge in [0.05, 0.1) is 16.5 Å². The first-order valence-corrected chi connectivity index (χ1v) is 8.89. The molecule has 0 radical (unpaired) electrons. The van der Waals surface area contributed by atoms with Gasteiger partial charge in [0, 0.05) is 6.04 Å². The fraction of sp³-hybridized carbons (Fsp3) is 0.250. The van der Waals surface area contributed by atoms with Crippen molar-refractivity contribution in [1.82, 2.24) is 4.72 Å². The van der Waals surface area contributed by atoms with Crippen molar-refractivity contribution in [3.05, 3.63) is 58.9 Å². The smallest absolute Gasteiger partial charge is 0.241 e. The van der Waals surface area contributed by atoms with Crippen molar-refractivity contribution >= 4 is 21.6 Å². The minimum Gasteiger partial charge on any atom is -0.494 e. The highest BCUT2D eigenvalue weighted by atomic mass is 35.5. The van der Waals surface area contributed by atoms with Gasteiger partial charge in [0.1, 0.15) is 11.6 Å². The third-order valence-electron chi connectivity index (χ3n) is 3.20. The molecule has 0 aromatic heterocycles. The van der Waals surface area contributed by atoms with Crippen LogP contribution in [0.1, 0.15) is 25.5 Å². The lowest BCUT2D eigenvalue weighted by molar-refractivity contribution is 0.339. The van der Waals surface area contributed by atoms with E-state index >= 15 is 0 Å². The lowest BCUT2D eigenvalue weighted by Gasteiger charge is -2.16. The molecule has 0 aliphatic rings. The molecule has 0 saturated heterocycles. The fourth-order valence-corrected chi connectivity index (χ4v) is 3.56. The molecule has 1 unspecified atom stereocenters. The van der Waals surface area contributed by atoms with Crippen LogP contribution in [0, 0.1) is 5.82 Å². The largest absolute Gasteiger partial charge is 0.494 e. The van der Waals surface area contributed by atoms with Gasteiger partial charge in [-0.2, -0.15) is 0 Å². The van der Waals surface area contributed by atoms with Gasteiger partial charge in [0.15, 0.2) is 0 Å². The second-order valence-corrected chi connectivity index (χ2v) is 7.05. The molecule has 0 bridgehead atoms. The molecule has 2 aromatic rings. The normalized spacial score (nSPS) is 12.9. The molecule has 0 amide bonds. The lowest BCUT2D eigenvalue weighted by atomic mass is 10.1. The lowest BCUT2D eigenvalue weighted by Crippen LogP contribution is -2.27. The summed E-state index contributed by atoms with van der Waals surface area (Å²) in [6.45, 7) is 4.11. The Morgan fingerprint density at radius 2 is 2.00 bits per heavy atom. The summed E-state index contributed by atoms with van der Waals surface area (Å²) in [7, 11) is -3.81. The summed E-state index contributed by atoms with van der Waals surface area (Å²) in [5.74, 6) is 0.00366. The Kier molecular flexibility index (Phi) is 5.62. The van der Waals surface area contributed by atoms with E-state index in [-0.39, 0.29) is 9.92 Å². The molecular weight excluding hydrogens is 341 g/mol. The van der Waals surface area contributed by atoms with E-state index in [0.717, 1.165) is 17.7 Å². The number of ether oxygens (including phenoxy) is 1. The van der Waals surface area contributed by atoms with E-state index in [1.807, 2.05) is 6.92 Å². The monoisotopic (exact) mass is 357 g/mol. The van der Waals surface area contributed by atoms with Crippen LogP contribution in [0.15, 0.2) is 47.4 Å². The predicted octanol–water partition coefficient (Wildman–Crippen LogP) is 3.92. The molecule has 1 atom stereocenters. The summed E-state index contributed by atoms with van der Waals surface area (Å²) in [5.41, 5.74) is 0.757. The number of halogens is 2. The highest BCUT2D eigenvalue weighted by Crippen LogP contribution is 2.23. The second kappa shape index (κ2) is 7.29. The van der Waals surface area contributed by atoms with Gasteiger partial charge in [0.2, 0.25) is 10.0 Å². The van der Waals surface area contributed by atoms with Gasteiger partial charge in [0.25, 0.3) is 0 Å². The van der Waals surface area contributed by atoms with Gasteiger partial charge in [-0.05, 0) is 49.7 Å². The number of benzene rings is 2. The number of nitrogens with one attached hydrogen (secondary N) is 1. The highest BCUT2D eigenvalue weighted by molar-refractivity contribution is 7.89. The molecule has 7 heteroatoms. The molecule has 2 aromatic carbocycles. The first-order valence-electron chi connectivity index (χ1n) is 7.03. The Morgan fingerprint density at radius 1 is 1.26 bits per heavy atom. The molecule has 0 spiro atoms. The maximum atomic E-state index is 13.2. The van der Waals surface area contributed by atoms with Gasteiger partial charge in [-0.1, -0.05) is 23.7 Å². The SMILES string of the molecule is CCOc1cccc(C(C)NS(=O)(=O)c2ccc(F)c(Cl)c2)c1. The van der Waals surface area contributed by atoms with E-state index < -0.39 is 21.9 Å². The molecule has 4 nitrogen and oxygen atoms in total. The van der Waals surface area contributed by atoms with Crippen LogP contribution in [0.4, 0.5) is 4.39 Å². The third kappa shape index (κ3) is 4.43. The van der Waals surface area contributed by atoms with Crippen molar-refractivity contribution < 1.29 is 17.5 Å². The number of sulfonamides is 1. The molecular formula is C16H17ClFNO3S. The average molecular weight is 358 g/mol. The minimum atomic E-state index is -3.81. The molecule has 124 valence electrons. The van der Waals surface area contributed by atoms with Crippen molar-refractivity contribution in [2.45, 2.75) is 24.8 Å². The van der Waals surface area contributed by atoms with Crippen molar-refractivity contribution in [2.24, 2.45) is 0 Å². The molecule has 23 heavy (non-hydrogen) atoms. The molecule has 0 saturated carbocycles. The Balaban J connectivity index is 2.22. The molecule has 0 fully saturated rings. The Morgan fingerprint density at radius 3 is 2.65 bits per heavy atom. The molecule has 2 rings (SSSR count). The summed E-state index contributed by atoms with van der Waals surface area (Å²) in [5, 5.41) is -0.237. The van der Waals surface area contributed by atoms with E-state index in [9.17, 15) is 12.8 Å². The zero-order chi connectivity index (χ0) is 17.0. The van der Waals surface area contributed by atoms with Crippen LogP contribution in [-0.2, 0) is 10.0 Å². The summed E-state index contributed by atoms with van der Waals surface area (Å²) >= 11 is 5.65. The topological polar surface area (TPSA) is 55.4 Å². The summed E-state index contributed by atoms with van der Waals surface area (Å²) in [6, 6.07) is 9.96. The quantitative estimate of drug-likeness (QED) is 0.852. The van der Waals surface area contributed by atoms with Gasteiger partial charge in [-0.3, -0.25) is 0 Å². The Hall–Kier alpha value is -1.63. The van der Waals surface area contributed by atoms with E-state index in [4.69, 9.17) is 16.3 Å². The predicted molar refractivity (Wildman–Crippen MR) is 87.8 cm³/mol.